The summed E-state index contributed by atoms with van der Waals surface area (Å²) in [4.78, 5) is 9.99. The Bertz CT molecular complexity index is 107. The molecule has 1 N–H and O–H groups in total. The van der Waals surface area contributed by atoms with Crippen LogP contribution in [-0.2, 0) is 14.3 Å². The fraction of sp³-hybridized carbons (Fsp3) is 0.833. The standard InChI is InChI=1S/C6H12O4S/c1-9-2-3-10-5-11-4-6(7)8/h2-5H2,1H3,(H,7,8). The topological polar surface area (TPSA) is 55.8 Å². The van der Waals surface area contributed by atoms with Gasteiger partial charge in [0.25, 0.3) is 0 Å². The second kappa shape index (κ2) is 7.84. The van der Waals surface area contributed by atoms with Gasteiger partial charge in [-0.15, -0.1) is 11.8 Å². The SMILES string of the molecule is COCCOCSCC(=O)O. The van der Waals surface area contributed by atoms with Crippen molar-refractivity contribution in [2.24, 2.45) is 0 Å². The molecule has 0 aromatic carbocycles. The van der Waals surface area contributed by atoms with Gasteiger partial charge in [0.15, 0.2) is 0 Å². The van der Waals surface area contributed by atoms with Crippen LogP contribution in [0, 0.1) is 0 Å². The summed E-state index contributed by atoms with van der Waals surface area (Å²) in [6.07, 6.45) is 0. The van der Waals surface area contributed by atoms with Gasteiger partial charge in [-0.2, -0.15) is 0 Å². The van der Waals surface area contributed by atoms with E-state index in [1.54, 1.807) is 7.11 Å². The molecule has 0 fully saturated rings. The number of aliphatic carboxylic acids is 1. The summed E-state index contributed by atoms with van der Waals surface area (Å²) < 4.78 is 9.72. The average molecular weight is 180 g/mol. The van der Waals surface area contributed by atoms with Crippen LogP contribution in [0.1, 0.15) is 0 Å². The lowest BCUT2D eigenvalue weighted by molar-refractivity contribution is -0.133. The zero-order valence-electron chi connectivity index (χ0n) is 6.41. The predicted molar refractivity (Wildman–Crippen MR) is 42.8 cm³/mol. The molecule has 0 saturated carbocycles. The highest BCUT2D eigenvalue weighted by Gasteiger charge is 1.95. The fourth-order valence-electron chi connectivity index (χ4n) is 0.389. The van der Waals surface area contributed by atoms with Crippen LogP contribution in [0.3, 0.4) is 0 Å². The predicted octanol–water partition coefficient (Wildman–Crippen LogP) is 0.425. The molecule has 0 aliphatic rings. The van der Waals surface area contributed by atoms with E-state index in [9.17, 15) is 4.79 Å². The van der Waals surface area contributed by atoms with E-state index in [2.05, 4.69) is 0 Å². The van der Waals surface area contributed by atoms with E-state index in [0.29, 0.717) is 19.2 Å². The molecule has 0 aliphatic heterocycles. The second-order valence-corrected chi connectivity index (χ2v) is 2.69. The number of rotatable bonds is 7. The van der Waals surface area contributed by atoms with Crippen molar-refractivity contribution in [2.45, 2.75) is 0 Å². The minimum absolute atomic E-state index is 0.0903. The Labute approximate surface area is 69.9 Å². The molecule has 0 rings (SSSR count). The summed E-state index contributed by atoms with van der Waals surface area (Å²) in [5.74, 6) is -0.312. The van der Waals surface area contributed by atoms with Crippen molar-refractivity contribution in [2.75, 3.05) is 32.0 Å². The number of methoxy groups -OCH3 is 1. The van der Waals surface area contributed by atoms with E-state index in [1.807, 2.05) is 0 Å². The number of hydrogen-bond donors (Lipinski definition) is 1. The Morgan fingerprint density at radius 1 is 1.55 bits per heavy atom. The zero-order chi connectivity index (χ0) is 8.53. The van der Waals surface area contributed by atoms with Gasteiger partial charge in [-0.1, -0.05) is 0 Å². The van der Waals surface area contributed by atoms with Crippen LogP contribution in [0.25, 0.3) is 0 Å². The Morgan fingerprint density at radius 2 is 2.27 bits per heavy atom. The van der Waals surface area contributed by atoms with Crippen LogP contribution in [0.4, 0.5) is 0 Å². The first-order valence-electron chi connectivity index (χ1n) is 3.13. The first-order valence-corrected chi connectivity index (χ1v) is 4.29. The molecule has 0 amide bonds. The molecule has 0 aromatic rings. The van der Waals surface area contributed by atoms with Crippen LogP contribution in [0.15, 0.2) is 0 Å². The average Bonchev–Trinajstić information content (AvgIpc) is 1.96. The summed E-state index contributed by atoms with van der Waals surface area (Å²) in [5.41, 5.74) is 0. The molecule has 5 heteroatoms. The third kappa shape index (κ3) is 9.74. The monoisotopic (exact) mass is 180 g/mol. The van der Waals surface area contributed by atoms with Crippen molar-refractivity contribution in [3.8, 4) is 0 Å². The molecular weight excluding hydrogens is 168 g/mol. The Hall–Kier alpha value is -0.260. The molecule has 0 bridgehead atoms. The lowest BCUT2D eigenvalue weighted by Crippen LogP contribution is -2.04. The number of thioether (sulfide) groups is 1. The first kappa shape index (κ1) is 10.7. The van der Waals surface area contributed by atoms with Gasteiger partial charge in [0.1, 0.15) is 0 Å². The quantitative estimate of drug-likeness (QED) is 0.454. The van der Waals surface area contributed by atoms with Crippen molar-refractivity contribution in [3.63, 3.8) is 0 Å². The van der Waals surface area contributed by atoms with Crippen LogP contribution in [0.5, 0.6) is 0 Å². The maximum atomic E-state index is 9.99. The second-order valence-electron chi connectivity index (χ2n) is 1.76. The molecule has 4 nitrogen and oxygen atoms in total. The van der Waals surface area contributed by atoms with Crippen molar-refractivity contribution in [3.05, 3.63) is 0 Å². The third-order valence-corrected chi connectivity index (χ3v) is 1.61. The number of carboxylic acids is 1. The molecule has 0 unspecified atom stereocenters. The van der Waals surface area contributed by atoms with E-state index in [1.165, 1.54) is 11.8 Å². The van der Waals surface area contributed by atoms with Crippen LogP contribution >= 0.6 is 11.8 Å². The summed E-state index contributed by atoms with van der Waals surface area (Å²) in [5, 5.41) is 8.22. The smallest absolute Gasteiger partial charge is 0.313 e. The van der Waals surface area contributed by atoms with Crippen molar-refractivity contribution in [1.29, 1.82) is 0 Å². The Morgan fingerprint density at radius 3 is 2.82 bits per heavy atom. The molecule has 0 heterocycles. The maximum absolute atomic E-state index is 9.99. The number of carbonyl (C=O) groups is 1. The van der Waals surface area contributed by atoms with E-state index >= 15 is 0 Å². The van der Waals surface area contributed by atoms with E-state index in [0.717, 1.165) is 0 Å². The van der Waals surface area contributed by atoms with Crippen LogP contribution in [-0.4, -0.2) is 43.1 Å². The van der Waals surface area contributed by atoms with Gasteiger partial charge >= 0.3 is 5.97 Å². The van der Waals surface area contributed by atoms with Crippen molar-refractivity contribution < 1.29 is 19.4 Å². The van der Waals surface area contributed by atoms with E-state index in [-0.39, 0.29) is 5.75 Å². The lowest BCUT2D eigenvalue weighted by atomic mass is 10.8. The van der Waals surface area contributed by atoms with Gasteiger partial charge in [0.05, 0.1) is 24.9 Å². The van der Waals surface area contributed by atoms with Crippen LogP contribution in [0.2, 0.25) is 0 Å². The number of carboxylic acid groups (broad SMARTS) is 1. The minimum Gasteiger partial charge on any atom is -0.481 e. The van der Waals surface area contributed by atoms with Gasteiger partial charge < -0.3 is 14.6 Å². The number of ether oxygens (including phenoxy) is 2. The van der Waals surface area contributed by atoms with Gasteiger partial charge in [-0.3, -0.25) is 4.79 Å². The Kier molecular flexibility index (Phi) is 7.66. The summed E-state index contributed by atoms with van der Waals surface area (Å²) in [6, 6.07) is 0. The minimum atomic E-state index is -0.814. The first-order chi connectivity index (χ1) is 5.27. The van der Waals surface area contributed by atoms with Crippen molar-refractivity contribution in [1.82, 2.24) is 0 Å². The largest absolute Gasteiger partial charge is 0.481 e. The Balaban J connectivity index is 2.85. The van der Waals surface area contributed by atoms with Crippen LogP contribution < -0.4 is 0 Å². The molecule has 11 heavy (non-hydrogen) atoms. The van der Waals surface area contributed by atoms with Gasteiger partial charge in [-0.25, -0.2) is 0 Å². The lowest BCUT2D eigenvalue weighted by Gasteiger charge is -2.00. The summed E-state index contributed by atoms with van der Waals surface area (Å²) in [7, 11) is 1.59. The highest BCUT2D eigenvalue weighted by Crippen LogP contribution is 1.98. The molecule has 0 saturated heterocycles. The maximum Gasteiger partial charge on any atom is 0.313 e. The summed E-state index contributed by atoms with van der Waals surface area (Å²) in [6.45, 7) is 1.07. The molecule has 0 spiro atoms. The highest BCUT2D eigenvalue weighted by atomic mass is 32.2. The fourth-order valence-corrected chi connectivity index (χ4v) is 0.883. The molecular formula is C6H12O4S. The molecule has 66 valence electrons. The van der Waals surface area contributed by atoms with Gasteiger partial charge in [0, 0.05) is 7.11 Å². The molecule has 0 aliphatic carbocycles. The van der Waals surface area contributed by atoms with E-state index < -0.39 is 5.97 Å². The van der Waals surface area contributed by atoms with Crippen molar-refractivity contribution >= 4 is 17.7 Å². The summed E-state index contributed by atoms with van der Waals surface area (Å²) >= 11 is 1.23. The highest BCUT2D eigenvalue weighted by molar-refractivity contribution is 7.99. The molecule has 0 radical (unpaired) electrons. The molecule has 0 aromatic heterocycles. The molecule has 0 atom stereocenters. The third-order valence-electron chi connectivity index (χ3n) is 0.824. The van der Waals surface area contributed by atoms with Gasteiger partial charge in [0.2, 0.25) is 0 Å². The van der Waals surface area contributed by atoms with E-state index in [4.69, 9.17) is 14.6 Å². The number of hydrogen-bond acceptors (Lipinski definition) is 4. The normalized spacial score (nSPS) is 9.91. The van der Waals surface area contributed by atoms with Gasteiger partial charge in [-0.05, 0) is 0 Å². The zero-order valence-corrected chi connectivity index (χ0v) is 7.23.